The molecule has 4 heterocycles. The Bertz CT molecular complexity index is 1720. The van der Waals surface area contributed by atoms with E-state index in [1.54, 1.807) is 33.8 Å². The number of ketones is 2. The number of alkyl halides is 1. The average molecular weight is 877 g/mol. The summed E-state index contributed by atoms with van der Waals surface area (Å²) in [6, 6.07) is 0. The van der Waals surface area contributed by atoms with E-state index in [1.165, 1.54) is 20.4 Å². The number of aliphatic imine (C=N–C) groups is 1. The number of aliphatic hydroxyl groups is 2. The van der Waals surface area contributed by atoms with Crippen LogP contribution in [0.5, 0.6) is 0 Å². The summed E-state index contributed by atoms with van der Waals surface area (Å²) in [7, 11) is 3.02. The summed E-state index contributed by atoms with van der Waals surface area (Å²) in [5, 5.41) is 23.9. The predicted octanol–water partition coefficient (Wildman–Crippen LogP) is 4.78. The molecule has 4 aliphatic heterocycles. The van der Waals surface area contributed by atoms with E-state index in [0.717, 1.165) is 10.5 Å². The van der Waals surface area contributed by atoms with E-state index in [1.807, 2.05) is 19.9 Å². The molecule has 348 valence electrons. The monoisotopic (exact) mass is 876 g/mol. The number of carbonyl (C=O) groups excluding carboxylic acids is 5. The van der Waals surface area contributed by atoms with E-state index < -0.39 is 95.6 Å². The zero-order valence-electron chi connectivity index (χ0n) is 37.7. The quantitative estimate of drug-likeness (QED) is 0.192. The first-order chi connectivity index (χ1) is 29.4. The SMILES string of the molecule is CCOC(=O)CO[C@@H]1CC[C@@H](/C=C(\C)[C@H]2OC(=O)[C@]34CCCCN3C(=O)C(=O)[C@]3(O)O[C@H]([C@@H](OC)C[C@@H](C)C/C(C)=C/[C@@H](C/C=N\4)C(=O)C[C@H](O)[C@H]2C)[C@@H](OC)C[C@H]3C)CC1F. The minimum absolute atomic E-state index is 0.0271. The van der Waals surface area contributed by atoms with Gasteiger partial charge in [-0.3, -0.25) is 19.4 Å². The van der Waals surface area contributed by atoms with Gasteiger partial charge in [0.25, 0.3) is 11.7 Å². The number of piperidine rings is 1. The van der Waals surface area contributed by atoms with Gasteiger partial charge >= 0.3 is 11.9 Å². The third kappa shape index (κ3) is 11.1. The van der Waals surface area contributed by atoms with Gasteiger partial charge in [-0.25, -0.2) is 14.0 Å². The standard InChI is InChI=1S/C46H69FN2O13/c1-9-59-39(52)25-60-36-13-12-31(23-33(36)47)21-28(4)40-30(6)34(50)24-35(51)32-14-16-48-45(44(55)61-40)15-10-11-17-49(45)43(54)42(53)46(56)29(5)22-38(58-8)41(62-46)37(57-7)20-27(3)18-26(2)19-32/h16,19,21,27,29-34,36-38,40-41,50,56H,9-15,17-18,20,22-25H2,1-8H3/b26-19+,28-21+,48-16-/t27-,29+,30+,31-,32+,33?,34-,36+,37-,38-,40+,41+,45-,46+/m0/s1. The molecule has 4 bridgehead atoms. The zero-order chi connectivity index (χ0) is 45.5. The van der Waals surface area contributed by atoms with Crippen LogP contribution in [0.3, 0.4) is 0 Å². The van der Waals surface area contributed by atoms with Crippen LogP contribution in [0.15, 0.2) is 28.3 Å². The molecular weight excluding hydrogens is 808 g/mol. The molecule has 1 unspecified atom stereocenters. The highest BCUT2D eigenvalue weighted by atomic mass is 19.1. The van der Waals surface area contributed by atoms with Crippen molar-refractivity contribution in [2.75, 3.05) is 34.0 Å². The minimum atomic E-state index is -2.60. The van der Waals surface area contributed by atoms with Gasteiger partial charge in [-0.2, -0.15) is 0 Å². The number of esters is 2. The third-order valence-electron chi connectivity index (χ3n) is 13.6. The van der Waals surface area contributed by atoms with Gasteiger partial charge < -0.3 is 43.5 Å². The number of carbonyl (C=O) groups is 5. The van der Waals surface area contributed by atoms with Gasteiger partial charge in [-0.1, -0.05) is 38.5 Å². The Kier molecular flexibility index (Phi) is 17.2. The van der Waals surface area contributed by atoms with Gasteiger partial charge in [-0.15, -0.1) is 0 Å². The van der Waals surface area contributed by atoms with Crippen LogP contribution in [0.25, 0.3) is 0 Å². The second-order valence-electron chi connectivity index (χ2n) is 18.3. The van der Waals surface area contributed by atoms with Crippen molar-refractivity contribution in [2.24, 2.45) is 34.6 Å². The summed E-state index contributed by atoms with van der Waals surface area (Å²) >= 11 is 0. The number of Topliss-reactive ketones (excluding diaryl/α,β-unsaturated/α-hetero) is 2. The molecule has 0 radical (unpaired) electrons. The summed E-state index contributed by atoms with van der Waals surface area (Å²) < 4.78 is 50.2. The van der Waals surface area contributed by atoms with E-state index in [4.69, 9.17) is 33.4 Å². The molecule has 16 heteroatoms. The van der Waals surface area contributed by atoms with E-state index >= 15 is 4.39 Å². The number of allylic oxidation sites excluding steroid dienone is 3. The maximum absolute atomic E-state index is 15.5. The predicted molar refractivity (Wildman–Crippen MR) is 224 cm³/mol. The van der Waals surface area contributed by atoms with Gasteiger partial charge in [0.05, 0.1) is 31.0 Å². The van der Waals surface area contributed by atoms with Crippen molar-refractivity contribution in [3.63, 3.8) is 0 Å². The largest absolute Gasteiger partial charge is 0.464 e. The first-order valence-electron chi connectivity index (χ1n) is 22.4. The summed E-state index contributed by atoms with van der Waals surface area (Å²) in [6.45, 7) is 10.3. The Labute approximate surface area is 365 Å². The van der Waals surface area contributed by atoms with Crippen molar-refractivity contribution in [1.29, 1.82) is 0 Å². The van der Waals surface area contributed by atoms with Crippen molar-refractivity contribution in [3.05, 3.63) is 23.3 Å². The fourth-order valence-corrected chi connectivity index (χ4v) is 10.1. The molecule has 2 saturated heterocycles. The van der Waals surface area contributed by atoms with Crippen LogP contribution < -0.4 is 0 Å². The number of fused-ring (bicyclic) bond motifs is 4. The zero-order valence-corrected chi connectivity index (χ0v) is 37.7. The van der Waals surface area contributed by atoms with Crippen molar-refractivity contribution in [1.82, 2.24) is 4.90 Å². The fourth-order valence-electron chi connectivity index (χ4n) is 10.1. The Morgan fingerprint density at radius 3 is 2.42 bits per heavy atom. The van der Waals surface area contributed by atoms with Gasteiger partial charge in [-0.05, 0) is 96.0 Å². The van der Waals surface area contributed by atoms with Gasteiger partial charge in [0.1, 0.15) is 30.8 Å². The molecule has 62 heavy (non-hydrogen) atoms. The number of rotatable bonds is 8. The first-order valence-corrected chi connectivity index (χ1v) is 22.4. The van der Waals surface area contributed by atoms with Crippen LogP contribution in [0, 0.1) is 29.6 Å². The second-order valence-corrected chi connectivity index (χ2v) is 18.3. The molecule has 2 N–H and O–H groups in total. The van der Waals surface area contributed by atoms with E-state index in [2.05, 4.69) is 0 Å². The molecule has 5 rings (SSSR count). The Hall–Kier alpha value is -3.41. The molecular formula is C46H69FN2O13. The van der Waals surface area contributed by atoms with E-state index in [0.29, 0.717) is 44.1 Å². The first kappa shape index (κ1) is 49.6. The molecule has 5 aliphatic rings. The summed E-state index contributed by atoms with van der Waals surface area (Å²) in [5.74, 6) is -9.68. The topological polar surface area (TPSA) is 197 Å². The Balaban J connectivity index is 1.57. The van der Waals surface area contributed by atoms with Gasteiger partial charge in [0, 0.05) is 57.6 Å². The highest BCUT2D eigenvalue weighted by Crippen LogP contribution is 2.41. The van der Waals surface area contributed by atoms with Crippen molar-refractivity contribution >= 4 is 35.6 Å². The summed E-state index contributed by atoms with van der Waals surface area (Å²) in [5.41, 5.74) is -0.692. The summed E-state index contributed by atoms with van der Waals surface area (Å²) in [6.07, 6.45) is 0.902. The van der Waals surface area contributed by atoms with Crippen LogP contribution in [0.4, 0.5) is 4.39 Å². The van der Waals surface area contributed by atoms with Crippen molar-refractivity contribution < 1.29 is 67.0 Å². The Morgan fingerprint density at radius 1 is 1.03 bits per heavy atom. The number of ether oxygens (including phenoxy) is 6. The van der Waals surface area contributed by atoms with Gasteiger partial charge in [0.2, 0.25) is 11.4 Å². The molecule has 3 fully saturated rings. The normalized spacial score (nSPS) is 40.9. The maximum Gasteiger partial charge on any atom is 0.355 e. The molecule has 1 aliphatic carbocycles. The minimum Gasteiger partial charge on any atom is -0.464 e. The van der Waals surface area contributed by atoms with Crippen LogP contribution >= 0.6 is 0 Å². The van der Waals surface area contributed by atoms with Crippen LogP contribution in [0.1, 0.15) is 112 Å². The van der Waals surface area contributed by atoms with Crippen LogP contribution in [0.2, 0.25) is 0 Å². The molecule has 0 aromatic heterocycles. The highest BCUT2D eigenvalue weighted by Gasteiger charge is 2.59. The number of hydrogen-bond acceptors (Lipinski definition) is 14. The number of halogens is 1. The maximum atomic E-state index is 15.5. The molecule has 1 amide bonds. The van der Waals surface area contributed by atoms with Crippen molar-refractivity contribution in [3.8, 4) is 0 Å². The van der Waals surface area contributed by atoms with E-state index in [9.17, 15) is 34.2 Å². The van der Waals surface area contributed by atoms with Crippen molar-refractivity contribution in [2.45, 2.75) is 166 Å². The second kappa shape index (κ2) is 21.5. The number of methoxy groups -OCH3 is 2. The molecule has 1 saturated carbocycles. The molecule has 14 atom stereocenters. The molecule has 0 aromatic carbocycles. The molecule has 15 nitrogen and oxygen atoms in total. The number of hydrogen-bond donors (Lipinski definition) is 2. The number of amides is 1. The highest BCUT2D eigenvalue weighted by molar-refractivity contribution is 6.39. The fraction of sp³-hybridized carbons (Fsp3) is 0.783. The van der Waals surface area contributed by atoms with E-state index in [-0.39, 0.29) is 69.5 Å². The van der Waals surface area contributed by atoms with Crippen LogP contribution in [-0.4, -0.2) is 139 Å². The lowest BCUT2D eigenvalue weighted by Gasteiger charge is -2.48. The lowest BCUT2D eigenvalue weighted by atomic mass is 9.82. The van der Waals surface area contributed by atoms with Crippen LogP contribution in [-0.2, 0) is 52.4 Å². The number of cyclic esters (lactones) is 1. The average Bonchev–Trinajstić information content (AvgIpc) is 3.23. The molecule has 1 spiro atoms. The smallest absolute Gasteiger partial charge is 0.355 e. The number of nitrogens with zero attached hydrogens (tertiary/aromatic N) is 2. The number of aliphatic hydroxyl groups excluding tert-OH is 1. The van der Waals surface area contributed by atoms with Gasteiger partial charge in [0.15, 0.2) is 0 Å². The molecule has 0 aromatic rings. The lowest BCUT2D eigenvalue weighted by Crippen LogP contribution is -2.67. The Morgan fingerprint density at radius 2 is 1.74 bits per heavy atom. The summed E-state index contributed by atoms with van der Waals surface area (Å²) in [4.78, 5) is 76.1. The lowest BCUT2D eigenvalue weighted by molar-refractivity contribution is -0.302. The third-order valence-corrected chi connectivity index (χ3v) is 13.6.